The molecule has 0 saturated carbocycles. The van der Waals surface area contributed by atoms with Crippen molar-refractivity contribution in [1.82, 2.24) is 10.6 Å². The number of rotatable bonds is 3. The number of nitrogens with zero attached hydrogens (tertiary/aromatic N) is 1. The van der Waals surface area contributed by atoms with E-state index >= 15 is 0 Å². The van der Waals surface area contributed by atoms with E-state index in [4.69, 9.17) is 0 Å². The van der Waals surface area contributed by atoms with E-state index in [-0.39, 0.29) is 11.9 Å². The molecule has 2 aliphatic rings. The lowest BCUT2D eigenvalue weighted by Gasteiger charge is -2.19. The highest BCUT2D eigenvalue weighted by atomic mass is 16.2. The molecule has 4 heteroatoms. The van der Waals surface area contributed by atoms with Gasteiger partial charge in [-0.15, -0.1) is 0 Å². The van der Waals surface area contributed by atoms with E-state index in [9.17, 15) is 4.79 Å². The van der Waals surface area contributed by atoms with Gasteiger partial charge in [0.1, 0.15) is 0 Å². The summed E-state index contributed by atoms with van der Waals surface area (Å²) in [7, 11) is 0. The van der Waals surface area contributed by atoms with Crippen molar-refractivity contribution in [2.75, 3.05) is 24.5 Å². The first kappa shape index (κ1) is 12.6. The standard InChI is InChI=1S/C15H21N3O/c1-11-2-4-13(5-3-11)18-9-7-14(15(18)19)17-12-6-8-16-10-12/h2-5,12,14,16-17H,6-10H2,1H3. The number of carbonyl (C=O) groups is 1. The largest absolute Gasteiger partial charge is 0.315 e. The molecule has 1 aromatic rings. The Kier molecular flexibility index (Phi) is 3.53. The van der Waals surface area contributed by atoms with Gasteiger partial charge >= 0.3 is 0 Å². The van der Waals surface area contributed by atoms with Crippen LogP contribution < -0.4 is 15.5 Å². The lowest BCUT2D eigenvalue weighted by Crippen LogP contribution is -2.44. The van der Waals surface area contributed by atoms with Gasteiger partial charge in [0, 0.05) is 24.8 Å². The SMILES string of the molecule is Cc1ccc(N2CCC(NC3CCNC3)C2=O)cc1. The first-order valence-electron chi connectivity index (χ1n) is 7.09. The number of nitrogens with one attached hydrogen (secondary N) is 2. The van der Waals surface area contributed by atoms with Gasteiger partial charge in [-0.25, -0.2) is 0 Å². The van der Waals surface area contributed by atoms with E-state index in [1.165, 1.54) is 5.56 Å². The highest BCUT2D eigenvalue weighted by molar-refractivity contribution is 5.99. The molecular weight excluding hydrogens is 238 g/mol. The minimum atomic E-state index is -0.00815. The molecule has 2 aliphatic heterocycles. The Hall–Kier alpha value is -1.39. The fourth-order valence-corrected chi connectivity index (χ4v) is 2.90. The molecule has 2 atom stereocenters. The molecule has 0 spiro atoms. The van der Waals surface area contributed by atoms with Crippen molar-refractivity contribution in [1.29, 1.82) is 0 Å². The Bertz CT molecular complexity index is 451. The third-order valence-corrected chi connectivity index (χ3v) is 4.05. The van der Waals surface area contributed by atoms with E-state index in [0.29, 0.717) is 6.04 Å². The van der Waals surface area contributed by atoms with Crippen molar-refractivity contribution >= 4 is 11.6 Å². The minimum absolute atomic E-state index is 0.00815. The molecule has 2 N–H and O–H groups in total. The number of aryl methyl sites for hydroxylation is 1. The van der Waals surface area contributed by atoms with Gasteiger partial charge in [0.05, 0.1) is 6.04 Å². The topological polar surface area (TPSA) is 44.4 Å². The highest BCUT2D eigenvalue weighted by Gasteiger charge is 2.34. The predicted octanol–water partition coefficient (Wildman–Crippen LogP) is 1.05. The molecule has 0 bridgehead atoms. The zero-order chi connectivity index (χ0) is 13.2. The van der Waals surface area contributed by atoms with Crippen LogP contribution in [-0.4, -0.2) is 37.6 Å². The molecule has 0 radical (unpaired) electrons. The molecule has 2 fully saturated rings. The lowest BCUT2D eigenvalue weighted by molar-refractivity contribution is -0.119. The first-order chi connectivity index (χ1) is 9.24. The van der Waals surface area contributed by atoms with Crippen LogP contribution in [0.2, 0.25) is 0 Å². The van der Waals surface area contributed by atoms with Gasteiger partial charge in [-0.2, -0.15) is 0 Å². The summed E-state index contributed by atoms with van der Waals surface area (Å²) in [6.07, 6.45) is 2.03. The van der Waals surface area contributed by atoms with Crippen molar-refractivity contribution in [3.8, 4) is 0 Å². The molecule has 19 heavy (non-hydrogen) atoms. The van der Waals surface area contributed by atoms with Gasteiger partial charge in [0.15, 0.2) is 0 Å². The maximum Gasteiger partial charge on any atom is 0.244 e. The molecule has 2 saturated heterocycles. The quantitative estimate of drug-likeness (QED) is 0.853. The summed E-state index contributed by atoms with van der Waals surface area (Å²) < 4.78 is 0. The Labute approximate surface area is 114 Å². The van der Waals surface area contributed by atoms with Crippen molar-refractivity contribution in [2.24, 2.45) is 0 Å². The van der Waals surface area contributed by atoms with Crippen molar-refractivity contribution < 1.29 is 4.79 Å². The molecule has 4 nitrogen and oxygen atoms in total. The summed E-state index contributed by atoms with van der Waals surface area (Å²) >= 11 is 0. The Morgan fingerprint density at radius 1 is 1.26 bits per heavy atom. The van der Waals surface area contributed by atoms with E-state index in [2.05, 4.69) is 29.7 Å². The van der Waals surface area contributed by atoms with Crippen LogP contribution >= 0.6 is 0 Å². The van der Waals surface area contributed by atoms with Crippen molar-refractivity contribution in [3.63, 3.8) is 0 Å². The maximum atomic E-state index is 12.4. The van der Waals surface area contributed by atoms with Crippen LogP contribution in [0, 0.1) is 6.92 Å². The second kappa shape index (κ2) is 5.31. The lowest BCUT2D eigenvalue weighted by atomic mass is 10.2. The molecule has 3 rings (SSSR count). The number of hydrogen-bond acceptors (Lipinski definition) is 3. The van der Waals surface area contributed by atoms with Crippen LogP contribution in [0.15, 0.2) is 24.3 Å². The van der Waals surface area contributed by atoms with Crippen molar-refractivity contribution in [2.45, 2.75) is 31.8 Å². The Balaban J connectivity index is 1.66. The summed E-state index contributed by atoms with van der Waals surface area (Å²) in [5.74, 6) is 0.218. The van der Waals surface area contributed by atoms with Crippen LogP contribution in [0.3, 0.4) is 0 Å². The first-order valence-corrected chi connectivity index (χ1v) is 7.09. The van der Waals surface area contributed by atoms with Gasteiger partial charge in [-0.1, -0.05) is 17.7 Å². The van der Waals surface area contributed by atoms with Gasteiger partial charge in [-0.05, 0) is 38.4 Å². The number of benzene rings is 1. The van der Waals surface area contributed by atoms with E-state index in [0.717, 1.165) is 38.2 Å². The van der Waals surface area contributed by atoms with Crippen LogP contribution in [0.25, 0.3) is 0 Å². The summed E-state index contributed by atoms with van der Waals surface area (Å²) in [6.45, 7) is 4.92. The second-order valence-corrected chi connectivity index (χ2v) is 5.52. The summed E-state index contributed by atoms with van der Waals surface area (Å²) in [6, 6.07) is 8.63. The second-order valence-electron chi connectivity index (χ2n) is 5.52. The number of carbonyl (C=O) groups excluding carboxylic acids is 1. The third kappa shape index (κ3) is 2.65. The molecule has 2 unspecified atom stereocenters. The van der Waals surface area contributed by atoms with Crippen LogP contribution in [0.5, 0.6) is 0 Å². The van der Waals surface area contributed by atoms with Gasteiger partial charge in [0.25, 0.3) is 0 Å². The Morgan fingerprint density at radius 3 is 2.74 bits per heavy atom. The summed E-state index contributed by atoms with van der Waals surface area (Å²) in [5.41, 5.74) is 2.24. The fourth-order valence-electron chi connectivity index (χ4n) is 2.90. The van der Waals surface area contributed by atoms with Crippen LogP contribution in [0.1, 0.15) is 18.4 Å². The Morgan fingerprint density at radius 2 is 2.05 bits per heavy atom. The monoisotopic (exact) mass is 259 g/mol. The predicted molar refractivity (Wildman–Crippen MR) is 76.3 cm³/mol. The molecule has 2 heterocycles. The van der Waals surface area contributed by atoms with E-state index in [1.54, 1.807) is 0 Å². The molecule has 1 aromatic carbocycles. The average Bonchev–Trinajstić information content (AvgIpc) is 3.03. The zero-order valence-corrected chi connectivity index (χ0v) is 11.4. The normalized spacial score (nSPS) is 27.2. The number of amides is 1. The smallest absolute Gasteiger partial charge is 0.244 e. The van der Waals surface area contributed by atoms with Crippen molar-refractivity contribution in [3.05, 3.63) is 29.8 Å². The molecule has 1 amide bonds. The molecule has 0 aromatic heterocycles. The molecular formula is C15H21N3O. The third-order valence-electron chi connectivity index (χ3n) is 4.05. The zero-order valence-electron chi connectivity index (χ0n) is 11.4. The number of anilines is 1. The fraction of sp³-hybridized carbons (Fsp3) is 0.533. The van der Waals surface area contributed by atoms with E-state index in [1.807, 2.05) is 17.0 Å². The highest BCUT2D eigenvalue weighted by Crippen LogP contribution is 2.22. The molecule has 102 valence electrons. The maximum absolute atomic E-state index is 12.4. The van der Waals surface area contributed by atoms with E-state index < -0.39 is 0 Å². The van der Waals surface area contributed by atoms with Gasteiger partial charge in [-0.3, -0.25) is 4.79 Å². The summed E-state index contributed by atoms with van der Waals surface area (Å²) in [5, 5.41) is 6.81. The van der Waals surface area contributed by atoms with Gasteiger partial charge < -0.3 is 15.5 Å². The minimum Gasteiger partial charge on any atom is -0.315 e. The van der Waals surface area contributed by atoms with Gasteiger partial charge in [0.2, 0.25) is 5.91 Å². The molecule has 0 aliphatic carbocycles. The summed E-state index contributed by atoms with van der Waals surface area (Å²) in [4.78, 5) is 14.3. The number of hydrogen-bond donors (Lipinski definition) is 2. The van der Waals surface area contributed by atoms with Crippen LogP contribution in [0.4, 0.5) is 5.69 Å². The van der Waals surface area contributed by atoms with Crippen LogP contribution in [-0.2, 0) is 4.79 Å². The average molecular weight is 259 g/mol.